The Morgan fingerprint density at radius 2 is 1.80 bits per heavy atom. The average molecular weight is 400 g/mol. The van der Waals surface area contributed by atoms with Gasteiger partial charge >= 0.3 is 0 Å². The lowest BCUT2D eigenvalue weighted by Crippen LogP contribution is -2.24. The van der Waals surface area contributed by atoms with Crippen molar-refractivity contribution in [1.82, 2.24) is 0 Å². The first-order valence-electron chi connectivity index (χ1n) is 10.1. The third-order valence-electron chi connectivity index (χ3n) is 5.55. The number of nitrogens with one attached hydrogen (secondary N) is 1. The van der Waals surface area contributed by atoms with Crippen molar-refractivity contribution in [3.63, 3.8) is 0 Å². The Hall–Kier alpha value is -3.47. The van der Waals surface area contributed by atoms with Crippen LogP contribution in [0.4, 0.5) is 11.4 Å². The lowest BCUT2D eigenvalue weighted by molar-refractivity contribution is -0.119. The van der Waals surface area contributed by atoms with E-state index in [1.165, 1.54) is 0 Å². The largest absolute Gasteiger partial charge is 0.497 e. The number of ether oxygens (including phenoxy) is 1. The lowest BCUT2D eigenvalue weighted by Gasteiger charge is -2.12. The van der Waals surface area contributed by atoms with Crippen LogP contribution in [-0.2, 0) is 9.59 Å². The highest BCUT2D eigenvalue weighted by atomic mass is 16.5. The van der Waals surface area contributed by atoms with E-state index in [1.54, 1.807) is 7.11 Å². The number of anilines is 1. The molecule has 0 aliphatic carbocycles. The number of carbonyl (C=O) groups is 2. The highest BCUT2D eigenvalue weighted by Gasteiger charge is 2.21. The standard InChI is InChI=1S/C25H24N2O3/c1-16(17-10-13-20(30-2)14-11-17)9-12-19(28)15-23-25(29)27-22-8-4-6-18-5-3-7-21(26-23)24(18)22/h3-8,10-11,13-14,16H,9,12,15H2,1-2H3,(H,27,29). The monoisotopic (exact) mass is 400 g/mol. The second kappa shape index (κ2) is 8.49. The van der Waals surface area contributed by atoms with Gasteiger partial charge in [-0.05, 0) is 47.6 Å². The summed E-state index contributed by atoms with van der Waals surface area (Å²) in [5.41, 5.74) is 2.87. The van der Waals surface area contributed by atoms with Crippen molar-refractivity contribution in [1.29, 1.82) is 0 Å². The summed E-state index contributed by atoms with van der Waals surface area (Å²) in [6.07, 6.45) is 1.15. The van der Waals surface area contributed by atoms with Gasteiger partial charge in [-0.25, -0.2) is 4.99 Å². The molecular weight excluding hydrogens is 376 g/mol. The summed E-state index contributed by atoms with van der Waals surface area (Å²) >= 11 is 0. The number of rotatable bonds is 7. The van der Waals surface area contributed by atoms with Crippen LogP contribution in [-0.4, -0.2) is 24.5 Å². The van der Waals surface area contributed by atoms with Crippen LogP contribution < -0.4 is 10.1 Å². The Morgan fingerprint density at radius 1 is 1.07 bits per heavy atom. The van der Waals surface area contributed by atoms with Crippen LogP contribution in [0.2, 0.25) is 0 Å². The molecule has 0 fully saturated rings. The van der Waals surface area contributed by atoms with Gasteiger partial charge in [0.2, 0.25) is 0 Å². The van der Waals surface area contributed by atoms with Gasteiger partial charge in [0.25, 0.3) is 5.91 Å². The first kappa shape index (κ1) is 19.8. The van der Waals surface area contributed by atoms with Gasteiger partial charge in [-0.15, -0.1) is 0 Å². The molecule has 0 saturated carbocycles. The zero-order chi connectivity index (χ0) is 21.1. The summed E-state index contributed by atoms with van der Waals surface area (Å²) < 4.78 is 5.19. The smallest absolute Gasteiger partial charge is 0.270 e. The van der Waals surface area contributed by atoms with E-state index in [4.69, 9.17) is 4.74 Å². The van der Waals surface area contributed by atoms with Crippen molar-refractivity contribution in [3.8, 4) is 5.75 Å². The van der Waals surface area contributed by atoms with E-state index in [9.17, 15) is 9.59 Å². The molecular formula is C25H24N2O3. The molecule has 1 unspecified atom stereocenters. The molecule has 0 radical (unpaired) electrons. The molecule has 1 atom stereocenters. The van der Waals surface area contributed by atoms with E-state index >= 15 is 0 Å². The minimum absolute atomic E-state index is 0.0161. The maximum Gasteiger partial charge on any atom is 0.270 e. The van der Waals surface area contributed by atoms with Gasteiger partial charge in [0.15, 0.2) is 0 Å². The van der Waals surface area contributed by atoms with Gasteiger partial charge in [0, 0.05) is 11.8 Å². The predicted octanol–water partition coefficient (Wildman–Crippen LogP) is 5.42. The fourth-order valence-corrected chi connectivity index (χ4v) is 3.78. The third kappa shape index (κ3) is 4.10. The maximum atomic E-state index is 12.7. The van der Waals surface area contributed by atoms with E-state index < -0.39 is 0 Å². The summed E-state index contributed by atoms with van der Waals surface area (Å²) in [4.78, 5) is 29.9. The van der Waals surface area contributed by atoms with Crippen LogP contribution in [0, 0.1) is 0 Å². The van der Waals surface area contributed by atoms with Crippen molar-refractivity contribution in [2.24, 2.45) is 4.99 Å². The minimum Gasteiger partial charge on any atom is -0.497 e. The van der Waals surface area contributed by atoms with Gasteiger partial charge in [-0.3, -0.25) is 9.59 Å². The van der Waals surface area contributed by atoms with E-state index in [1.807, 2.05) is 60.7 Å². The second-order valence-electron chi connectivity index (χ2n) is 7.62. The molecule has 1 amide bonds. The number of nitrogens with zero attached hydrogens (tertiary/aromatic N) is 1. The van der Waals surface area contributed by atoms with Gasteiger partial charge in [-0.1, -0.05) is 43.3 Å². The Morgan fingerprint density at radius 3 is 2.53 bits per heavy atom. The van der Waals surface area contributed by atoms with Crippen LogP contribution in [0.1, 0.15) is 37.7 Å². The van der Waals surface area contributed by atoms with Crippen LogP contribution in [0.15, 0.2) is 65.7 Å². The topological polar surface area (TPSA) is 67.8 Å². The van der Waals surface area contributed by atoms with Crippen molar-refractivity contribution in [2.45, 2.75) is 32.1 Å². The Kier molecular flexibility index (Phi) is 5.61. The summed E-state index contributed by atoms with van der Waals surface area (Å²) in [6, 6.07) is 19.4. The molecule has 0 aromatic heterocycles. The quantitative estimate of drug-likeness (QED) is 0.576. The van der Waals surface area contributed by atoms with Gasteiger partial charge in [0.05, 0.1) is 24.9 Å². The number of benzene rings is 3. The van der Waals surface area contributed by atoms with Crippen LogP contribution in [0.25, 0.3) is 10.8 Å². The van der Waals surface area contributed by atoms with E-state index in [-0.39, 0.29) is 29.7 Å². The van der Waals surface area contributed by atoms with E-state index in [2.05, 4.69) is 17.2 Å². The van der Waals surface area contributed by atoms with Gasteiger partial charge in [0.1, 0.15) is 17.2 Å². The molecule has 0 saturated heterocycles. The highest BCUT2D eigenvalue weighted by molar-refractivity contribution is 6.47. The van der Waals surface area contributed by atoms with E-state index in [0.717, 1.165) is 39.9 Å². The predicted molar refractivity (Wildman–Crippen MR) is 120 cm³/mol. The lowest BCUT2D eigenvalue weighted by atomic mass is 9.94. The molecule has 3 aromatic rings. The summed E-state index contributed by atoms with van der Waals surface area (Å²) in [5.74, 6) is 0.760. The fourth-order valence-electron chi connectivity index (χ4n) is 3.78. The van der Waals surface area contributed by atoms with Gasteiger partial charge in [-0.2, -0.15) is 0 Å². The first-order chi connectivity index (χ1) is 14.5. The number of methoxy groups -OCH3 is 1. The number of amides is 1. The molecule has 1 N–H and O–H groups in total. The first-order valence-corrected chi connectivity index (χ1v) is 10.1. The normalized spacial score (nSPS) is 13.9. The SMILES string of the molecule is COc1ccc(C(C)CCC(=O)CC2=Nc3cccc4cccc(c34)NC2=O)cc1. The molecule has 1 aliphatic rings. The number of hydrogen-bond acceptors (Lipinski definition) is 4. The maximum absolute atomic E-state index is 12.7. The fraction of sp³-hybridized carbons (Fsp3) is 0.240. The molecule has 4 rings (SSSR count). The molecule has 3 aromatic carbocycles. The van der Waals surface area contributed by atoms with Crippen LogP contribution in [0.5, 0.6) is 5.75 Å². The zero-order valence-electron chi connectivity index (χ0n) is 17.1. The number of Topliss-reactive ketones (excluding diaryl/α,β-unsaturated/α-hetero) is 1. The van der Waals surface area contributed by atoms with Crippen molar-refractivity contribution in [2.75, 3.05) is 12.4 Å². The highest BCUT2D eigenvalue weighted by Crippen LogP contribution is 2.34. The second-order valence-corrected chi connectivity index (χ2v) is 7.62. The third-order valence-corrected chi connectivity index (χ3v) is 5.55. The van der Waals surface area contributed by atoms with Crippen molar-refractivity contribution >= 4 is 39.5 Å². The van der Waals surface area contributed by atoms with Crippen molar-refractivity contribution in [3.05, 3.63) is 66.2 Å². The molecule has 5 heteroatoms. The zero-order valence-corrected chi connectivity index (χ0v) is 17.1. The molecule has 5 nitrogen and oxygen atoms in total. The molecule has 30 heavy (non-hydrogen) atoms. The number of carbonyl (C=O) groups excluding carboxylic acids is 2. The van der Waals surface area contributed by atoms with Crippen molar-refractivity contribution < 1.29 is 14.3 Å². The van der Waals surface area contributed by atoms with Crippen LogP contribution in [0.3, 0.4) is 0 Å². The van der Waals surface area contributed by atoms with Crippen LogP contribution >= 0.6 is 0 Å². The summed E-state index contributed by atoms with van der Waals surface area (Å²) in [5, 5.41) is 4.83. The number of ketones is 1. The van der Waals surface area contributed by atoms with Gasteiger partial charge < -0.3 is 10.1 Å². The summed E-state index contributed by atoms with van der Waals surface area (Å²) in [7, 11) is 1.64. The average Bonchev–Trinajstić information content (AvgIpc) is 2.90. The Labute approximate surface area is 175 Å². The Balaban J connectivity index is 1.45. The molecule has 0 spiro atoms. The molecule has 1 aliphatic heterocycles. The number of hydrogen-bond donors (Lipinski definition) is 1. The molecule has 1 heterocycles. The molecule has 0 bridgehead atoms. The molecule has 152 valence electrons. The summed E-state index contributed by atoms with van der Waals surface area (Å²) in [6.45, 7) is 2.10. The minimum atomic E-state index is -0.310. The van der Waals surface area contributed by atoms with E-state index in [0.29, 0.717) is 6.42 Å². The number of aliphatic imine (C=N–C) groups is 1. The Bertz CT molecular complexity index is 1130.